The van der Waals surface area contributed by atoms with E-state index in [2.05, 4.69) is 19.1 Å². The largest absolute Gasteiger partial charge is 0.204 e. The van der Waals surface area contributed by atoms with E-state index in [9.17, 15) is 8.78 Å². The maximum absolute atomic E-state index is 13.5. The number of rotatable bonds is 8. The Kier molecular flexibility index (Phi) is 8.55. The smallest absolute Gasteiger partial charge is 0.159 e. The molecule has 3 rings (SSSR count). The molecule has 0 saturated heterocycles. The van der Waals surface area contributed by atoms with Gasteiger partial charge < -0.3 is 0 Å². The molecule has 2 aliphatic rings. The van der Waals surface area contributed by atoms with Crippen LogP contribution in [0.3, 0.4) is 0 Å². The monoisotopic (exact) mass is 388 g/mol. The van der Waals surface area contributed by atoms with E-state index >= 15 is 0 Å². The standard InChI is InChI=1S/C26H38F2/c1-2-3-4-5-6-20-7-9-21(10-8-20)11-12-22-13-15-23(16-14-22)24-17-18-25(27)26(28)19-24/h11-12,17-23H,2-10,13-16H2,1H3. The Morgan fingerprint density at radius 3 is 2.04 bits per heavy atom. The highest BCUT2D eigenvalue weighted by molar-refractivity contribution is 5.22. The number of allylic oxidation sites excluding steroid dienone is 2. The molecule has 0 amide bonds. The van der Waals surface area contributed by atoms with Gasteiger partial charge in [-0.1, -0.05) is 57.2 Å². The van der Waals surface area contributed by atoms with Crippen LogP contribution in [0.15, 0.2) is 30.4 Å². The number of hydrogen-bond acceptors (Lipinski definition) is 0. The topological polar surface area (TPSA) is 0 Å². The lowest BCUT2D eigenvalue weighted by Crippen LogP contribution is -2.15. The van der Waals surface area contributed by atoms with Gasteiger partial charge in [-0.3, -0.25) is 0 Å². The van der Waals surface area contributed by atoms with Gasteiger partial charge in [-0.05, 0) is 92.7 Å². The van der Waals surface area contributed by atoms with Crippen LogP contribution in [0.1, 0.15) is 102 Å². The van der Waals surface area contributed by atoms with Gasteiger partial charge in [0.15, 0.2) is 11.6 Å². The lowest BCUT2D eigenvalue weighted by molar-refractivity contribution is 0.287. The minimum atomic E-state index is -0.740. The van der Waals surface area contributed by atoms with Gasteiger partial charge in [-0.2, -0.15) is 0 Å². The summed E-state index contributed by atoms with van der Waals surface area (Å²) < 4.78 is 26.6. The fourth-order valence-electron chi connectivity index (χ4n) is 5.25. The quantitative estimate of drug-likeness (QED) is 0.309. The molecule has 28 heavy (non-hydrogen) atoms. The second-order valence-electron chi connectivity index (χ2n) is 9.30. The second-order valence-corrected chi connectivity index (χ2v) is 9.30. The van der Waals surface area contributed by atoms with Crippen LogP contribution in [-0.2, 0) is 0 Å². The summed E-state index contributed by atoms with van der Waals surface area (Å²) in [5.41, 5.74) is 0.971. The minimum absolute atomic E-state index is 0.392. The molecule has 2 saturated carbocycles. The third-order valence-corrected chi connectivity index (χ3v) is 7.20. The van der Waals surface area contributed by atoms with Crippen molar-refractivity contribution in [1.29, 1.82) is 0 Å². The molecular formula is C26H38F2. The molecule has 1 aromatic carbocycles. The Bertz CT molecular complexity index is 605. The summed E-state index contributed by atoms with van der Waals surface area (Å²) in [5, 5.41) is 0. The average Bonchev–Trinajstić information content (AvgIpc) is 2.73. The van der Waals surface area contributed by atoms with E-state index in [1.54, 1.807) is 6.07 Å². The van der Waals surface area contributed by atoms with Gasteiger partial charge in [0, 0.05) is 0 Å². The zero-order chi connectivity index (χ0) is 19.8. The van der Waals surface area contributed by atoms with Crippen LogP contribution in [0.25, 0.3) is 0 Å². The molecule has 0 heterocycles. The van der Waals surface area contributed by atoms with Gasteiger partial charge in [-0.25, -0.2) is 8.78 Å². The lowest BCUT2D eigenvalue weighted by Gasteiger charge is -2.29. The summed E-state index contributed by atoms with van der Waals surface area (Å²) >= 11 is 0. The lowest BCUT2D eigenvalue weighted by atomic mass is 9.77. The molecule has 156 valence electrons. The molecule has 0 N–H and O–H groups in total. The molecule has 2 heteroatoms. The predicted molar refractivity (Wildman–Crippen MR) is 114 cm³/mol. The van der Waals surface area contributed by atoms with Crippen LogP contribution >= 0.6 is 0 Å². The average molecular weight is 389 g/mol. The van der Waals surface area contributed by atoms with Crippen molar-refractivity contribution in [2.45, 2.75) is 96.3 Å². The van der Waals surface area contributed by atoms with E-state index in [1.165, 1.54) is 82.8 Å². The normalized spacial score (nSPS) is 28.7. The number of halogens is 2. The highest BCUT2D eigenvalue weighted by Gasteiger charge is 2.23. The number of benzene rings is 1. The summed E-state index contributed by atoms with van der Waals surface area (Å²) in [6.07, 6.45) is 22.1. The van der Waals surface area contributed by atoms with Crippen molar-refractivity contribution in [2.75, 3.05) is 0 Å². The molecule has 0 aromatic heterocycles. The van der Waals surface area contributed by atoms with Gasteiger partial charge in [0.05, 0.1) is 0 Å². The molecular weight excluding hydrogens is 350 g/mol. The Morgan fingerprint density at radius 1 is 0.786 bits per heavy atom. The third-order valence-electron chi connectivity index (χ3n) is 7.20. The van der Waals surface area contributed by atoms with Crippen molar-refractivity contribution in [3.63, 3.8) is 0 Å². The SMILES string of the molecule is CCCCCCC1CCC(C=CC2CCC(c3ccc(F)c(F)c3)CC2)CC1. The van der Waals surface area contributed by atoms with Crippen LogP contribution in [-0.4, -0.2) is 0 Å². The van der Waals surface area contributed by atoms with E-state index in [-0.39, 0.29) is 0 Å². The second kappa shape index (κ2) is 11.1. The predicted octanol–water partition coefficient (Wildman–Crippen LogP) is 8.57. The van der Waals surface area contributed by atoms with Crippen molar-refractivity contribution < 1.29 is 8.78 Å². The number of unbranched alkanes of at least 4 members (excludes halogenated alkanes) is 3. The Morgan fingerprint density at radius 2 is 1.43 bits per heavy atom. The molecule has 1 aromatic rings. The fourth-order valence-corrected chi connectivity index (χ4v) is 5.25. The Balaban J connectivity index is 1.36. The molecule has 0 radical (unpaired) electrons. The minimum Gasteiger partial charge on any atom is -0.204 e. The van der Waals surface area contributed by atoms with Gasteiger partial charge in [0.1, 0.15) is 0 Å². The molecule has 2 fully saturated rings. The van der Waals surface area contributed by atoms with Crippen LogP contribution in [0.5, 0.6) is 0 Å². The first-order valence-corrected chi connectivity index (χ1v) is 11.8. The molecule has 0 aliphatic heterocycles. The third kappa shape index (κ3) is 6.42. The van der Waals surface area contributed by atoms with Crippen molar-refractivity contribution in [2.24, 2.45) is 17.8 Å². The Labute approximate surface area is 170 Å². The summed E-state index contributed by atoms with van der Waals surface area (Å²) in [6.45, 7) is 2.28. The molecule has 2 aliphatic carbocycles. The van der Waals surface area contributed by atoms with Gasteiger partial charge in [-0.15, -0.1) is 0 Å². The van der Waals surface area contributed by atoms with Crippen LogP contribution in [0.2, 0.25) is 0 Å². The van der Waals surface area contributed by atoms with Crippen LogP contribution in [0.4, 0.5) is 8.78 Å². The van der Waals surface area contributed by atoms with Gasteiger partial charge in [0.2, 0.25) is 0 Å². The fraction of sp³-hybridized carbons (Fsp3) is 0.692. The highest BCUT2D eigenvalue weighted by atomic mass is 19.2. The van der Waals surface area contributed by atoms with Gasteiger partial charge in [0.25, 0.3) is 0 Å². The van der Waals surface area contributed by atoms with Gasteiger partial charge >= 0.3 is 0 Å². The van der Waals surface area contributed by atoms with E-state index in [0.717, 1.165) is 30.2 Å². The molecule has 0 unspecified atom stereocenters. The van der Waals surface area contributed by atoms with Crippen molar-refractivity contribution >= 4 is 0 Å². The van der Waals surface area contributed by atoms with E-state index in [4.69, 9.17) is 0 Å². The highest BCUT2D eigenvalue weighted by Crippen LogP contribution is 2.38. The molecule has 0 atom stereocenters. The Hall–Kier alpha value is -1.18. The maximum Gasteiger partial charge on any atom is 0.159 e. The molecule has 0 nitrogen and oxygen atoms in total. The van der Waals surface area contributed by atoms with Crippen molar-refractivity contribution in [3.05, 3.63) is 47.5 Å². The van der Waals surface area contributed by atoms with Crippen molar-refractivity contribution in [1.82, 2.24) is 0 Å². The zero-order valence-electron chi connectivity index (χ0n) is 17.6. The van der Waals surface area contributed by atoms with E-state index in [1.807, 2.05) is 0 Å². The summed E-state index contributed by atoms with van der Waals surface area (Å²) in [5.74, 6) is 1.39. The number of hydrogen-bond donors (Lipinski definition) is 0. The summed E-state index contributed by atoms with van der Waals surface area (Å²) in [6, 6.07) is 4.44. The first-order valence-electron chi connectivity index (χ1n) is 11.8. The summed E-state index contributed by atoms with van der Waals surface area (Å²) in [4.78, 5) is 0. The molecule has 0 bridgehead atoms. The van der Waals surface area contributed by atoms with E-state index < -0.39 is 11.6 Å². The van der Waals surface area contributed by atoms with E-state index in [0.29, 0.717) is 11.8 Å². The zero-order valence-corrected chi connectivity index (χ0v) is 17.6. The van der Waals surface area contributed by atoms with Crippen LogP contribution < -0.4 is 0 Å². The van der Waals surface area contributed by atoms with Crippen molar-refractivity contribution in [3.8, 4) is 0 Å². The van der Waals surface area contributed by atoms with Crippen LogP contribution in [0, 0.1) is 29.4 Å². The first-order chi connectivity index (χ1) is 13.7. The summed E-state index contributed by atoms with van der Waals surface area (Å²) in [7, 11) is 0. The first kappa shape index (κ1) is 21.5. The molecule has 0 spiro atoms. The maximum atomic E-state index is 13.5.